The number of rotatable bonds is 10. The Hall–Kier alpha value is -5.24. The number of halogens is 12. The lowest BCUT2D eigenvalue weighted by atomic mass is 9.78. The molecule has 20 heteroatoms. The first-order valence-corrected chi connectivity index (χ1v) is 18.0. The Morgan fingerprint density at radius 1 is 0.567 bits per heavy atom. The van der Waals surface area contributed by atoms with Crippen LogP contribution < -0.4 is 22.2 Å². The molecule has 0 saturated heterocycles. The van der Waals surface area contributed by atoms with Crippen molar-refractivity contribution in [3.05, 3.63) is 118 Å². The highest BCUT2D eigenvalue weighted by Gasteiger charge is 2.73. The average molecular weight is 867 g/mol. The molecule has 0 saturated carbocycles. The number of nitrogens with zero attached hydrogens (tertiary/aromatic N) is 2. The number of aromatic nitrogens is 2. The smallest absolute Gasteiger partial charge is 0.369 e. The van der Waals surface area contributed by atoms with Crippen LogP contribution in [0.5, 0.6) is 0 Å². The van der Waals surface area contributed by atoms with E-state index < -0.39 is 131 Å². The van der Waals surface area contributed by atoms with Gasteiger partial charge in [-0.2, -0.15) is 52.7 Å². The second kappa shape index (κ2) is 14.7. The third-order valence-corrected chi connectivity index (χ3v) is 11.0. The van der Waals surface area contributed by atoms with Crippen LogP contribution in [-0.2, 0) is 11.2 Å². The second-order valence-electron chi connectivity index (χ2n) is 14.4. The summed E-state index contributed by atoms with van der Waals surface area (Å²) in [5.41, 5.74) is -25.9. The highest BCUT2D eigenvalue weighted by Crippen LogP contribution is 2.55. The van der Waals surface area contributed by atoms with Gasteiger partial charge in [0.05, 0.1) is 27.2 Å². The molecule has 5 rings (SSSR count). The third-order valence-electron chi connectivity index (χ3n) is 11.0. The molecule has 0 amide bonds. The number of alkyl halides is 12. The lowest BCUT2D eigenvalue weighted by Crippen LogP contribution is -2.54. The van der Waals surface area contributed by atoms with Gasteiger partial charge in [0, 0.05) is 23.1 Å². The van der Waals surface area contributed by atoms with Crippen LogP contribution in [0.25, 0.3) is 38.4 Å². The molecule has 0 spiro atoms. The molecular weight excluding hydrogens is 832 g/mol. The van der Waals surface area contributed by atoms with E-state index in [1.54, 1.807) is 13.8 Å². The van der Waals surface area contributed by atoms with Crippen molar-refractivity contribution >= 4 is 21.5 Å². The van der Waals surface area contributed by atoms with Gasteiger partial charge in [0.1, 0.15) is 0 Å². The Morgan fingerprint density at radius 2 is 0.933 bits per heavy atom. The molecule has 1 atom stereocenters. The Bertz CT molecular complexity index is 2640. The van der Waals surface area contributed by atoms with Gasteiger partial charge in [0.2, 0.25) is 0 Å². The van der Waals surface area contributed by atoms with Gasteiger partial charge >= 0.3 is 24.7 Å². The van der Waals surface area contributed by atoms with Crippen molar-refractivity contribution in [2.45, 2.75) is 102 Å². The SMILES string of the molecule is C=CC(CC)c1cc(C)c(-c2cc(C(O)(C(F)(F)F)C(F)(F)F)c(-n3c(=O)c4cc5c(=O)n(C(CC)CC)c(=O)c5cc4c3=O)cc2C)cc1C(O)(C(F)(F)F)C(F)(F)F. The average Bonchev–Trinajstić information content (AvgIpc) is 3.52. The molecular formula is C40H34F12N2O6. The van der Waals surface area contributed by atoms with E-state index in [1.807, 2.05) is 0 Å². The van der Waals surface area contributed by atoms with E-state index in [9.17, 15) is 82.1 Å². The van der Waals surface area contributed by atoms with Crippen LogP contribution in [0.4, 0.5) is 52.7 Å². The van der Waals surface area contributed by atoms with E-state index in [0.717, 1.165) is 36.6 Å². The number of aryl methyl sites for hydroxylation is 2. The van der Waals surface area contributed by atoms with E-state index in [1.165, 1.54) is 6.92 Å². The Morgan fingerprint density at radius 3 is 1.30 bits per heavy atom. The van der Waals surface area contributed by atoms with E-state index in [0.29, 0.717) is 25.0 Å². The van der Waals surface area contributed by atoms with Gasteiger partial charge in [0.25, 0.3) is 33.4 Å². The predicted molar refractivity (Wildman–Crippen MR) is 196 cm³/mol. The molecule has 0 bridgehead atoms. The summed E-state index contributed by atoms with van der Waals surface area (Å²) in [6, 6.07) is 2.03. The van der Waals surface area contributed by atoms with Gasteiger partial charge in [0.15, 0.2) is 0 Å². The zero-order chi connectivity index (χ0) is 45.6. The topological polar surface area (TPSA) is 119 Å². The number of fused-ring (bicyclic) bond motifs is 2. The molecule has 2 N–H and O–H groups in total. The monoisotopic (exact) mass is 866 g/mol. The molecule has 0 aliphatic rings. The highest BCUT2D eigenvalue weighted by molar-refractivity contribution is 5.98. The maximum atomic E-state index is 14.7. The zero-order valence-corrected chi connectivity index (χ0v) is 32.0. The van der Waals surface area contributed by atoms with Crippen molar-refractivity contribution in [3.8, 4) is 16.8 Å². The van der Waals surface area contributed by atoms with Crippen molar-refractivity contribution in [2.75, 3.05) is 0 Å². The van der Waals surface area contributed by atoms with Crippen molar-refractivity contribution < 1.29 is 62.9 Å². The normalized spacial score (nSPS) is 14.2. The molecule has 2 aromatic heterocycles. The van der Waals surface area contributed by atoms with Crippen LogP contribution >= 0.6 is 0 Å². The molecule has 3 aromatic carbocycles. The third kappa shape index (κ3) is 6.56. The number of hydrogen-bond donors (Lipinski definition) is 2. The van der Waals surface area contributed by atoms with Crippen molar-refractivity contribution in [3.63, 3.8) is 0 Å². The lowest BCUT2D eigenvalue weighted by Gasteiger charge is -2.36. The summed E-state index contributed by atoms with van der Waals surface area (Å²) in [6.07, 6.45) is -25.1. The van der Waals surface area contributed by atoms with Crippen LogP contribution in [0.2, 0.25) is 0 Å². The molecule has 0 fully saturated rings. The van der Waals surface area contributed by atoms with Crippen LogP contribution in [-0.4, -0.2) is 44.1 Å². The van der Waals surface area contributed by atoms with Crippen LogP contribution in [0, 0.1) is 13.8 Å². The number of allylic oxidation sites excluding steroid dienone is 1. The van der Waals surface area contributed by atoms with Gasteiger partial charge in [-0.05, 0) is 91.3 Å². The van der Waals surface area contributed by atoms with E-state index in [4.69, 9.17) is 0 Å². The molecule has 8 nitrogen and oxygen atoms in total. The molecule has 0 aliphatic carbocycles. The summed E-state index contributed by atoms with van der Waals surface area (Å²) >= 11 is 0. The van der Waals surface area contributed by atoms with E-state index in [2.05, 4.69) is 6.58 Å². The summed E-state index contributed by atoms with van der Waals surface area (Å²) in [5, 5.41) is 19.1. The Labute approximate surface area is 330 Å². The van der Waals surface area contributed by atoms with Crippen molar-refractivity contribution in [1.82, 2.24) is 9.13 Å². The fourth-order valence-corrected chi connectivity index (χ4v) is 7.74. The Balaban J connectivity index is 1.98. The molecule has 5 aromatic rings. The largest absolute Gasteiger partial charge is 0.430 e. The summed E-state index contributed by atoms with van der Waals surface area (Å²) in [4.78, 5) is 54.5. The zero-order valence-electron chi connectivity index (χ0n) is 32.0. The van der Waals surface area contributed by atoms with Gasteiger partial charge in [-0.1, -0.05) is 32.9 Å². The Kier molecular flexibility index (Phi) is 11.3. The minimum Gasteiger partial charge on any atom is -0.369 e. The first-order valence-electron chi connectivity index (χ1n) is 18.0. The summed E-state index contributed by atoms with van der Waals surface area (Å²) in [5.74, 6) is -1.31. The molecule has 0 radical (unpaired) electrons. The molecule has 1 unspecified atom stereocenters. The minimum absolute atomic E-state index is 0.0768. The second-order valence-corrected chi connectivity index (χ2v) is 14.4. The van der Waals surface area contributed by atoms with Gasteiger partial charge in [-0.3, -0.25) is 23.7 Å². The number of aliphatic hydroxyl groups is 2. The van der Waals surface area contributed by atoms with E-state index in [-0.39, 0.29) is 28.7 Å². The van der Waals surface area contributed by atoms with Crippen LogP contribution in [0.15, 0.2) is 68.2 Å². The van der Waals surface area contributed by atoms with Crippen molar-refractivity contribution in [1.29, 1.82) is 0 Å². The predicted octanol–water partition coefficient (Wildman–Crippen LogP) is 8.85. The lowest BCUT2D eigenvalue weighted by molar-refractivity contribution is -0.376. The highest BCUT2D eigenvalue weighted by atomic mass is 19.4. The summed E-state index contributed by atoms with van der Waals surface area (Å²) < 4.78 is 175. The fourth-order valence-electron chi connectivity index (χ4n) is 7.74. The van der Waals surface area contributed by atoms with E-state index >= 15 is 0 Å². The molecule has 0 aliphatic heterocycles. The molecule has 60 heavy (non-hydrogen) atoms. The minimum atomic E-state index is -6.74. The fraction of sp³-hybridized carbons (Fsp3) is 0.400. The van der Waals surface area contributed by atoms with Gasteiger partial charge < -0.3 is 10.2 Å². The molecule has 324 valence electrons. The summed E-state index contributed by atoms with van der Waals surface area (Å²) in [6.45, 7) is 10.0. The van der Waals surface area contributed by atoms with Crippen molar-refractivity contribution in [2.24, 2.45) is 0 Å². The first-order chi connectivity index (χ1) is 27.4. The molecule has 2 heterocycles. The number of benzene rings is 3. The summed E-state index contributed by atoms with van der Waals surface area (Å²) in [7, 11) is 0. The first kappa shape index (κ1) is 45.8. The van der Waals surface area contributed by atoms with Crippen LogP contribution in [0.3, 0.4) is 0 Å². The maximum absolute atomic E-state index is 14.7. The van der Waals surface area contributed by atoms with Gasteiger partial charge in [-0.25, -0.2) is 4.57 Å². The quantitative estimate of drug-likeness (QED) is 0.107. The van der Waals surface area contributed by atoms with Gasteiger partial charge in [-0.15, -0.1) is 6.58 Å². The van der Waals surface area contributed by atoms with Crippen LogP contribution in [0.1, 0.15) is 79.8 Å². The standard InChI is InChI=1S/C40H34F12N2O6/c1-7-19(8-2)23-11-17(5)21(15-28(23)35(59,37(41,42)43)38(44,45)46)22-16-29(36(60,39(47,48)49)40(50,51)52)30(12-18(22)6)54-33(57)26-13-24-25(14-27(26)34(54)58)32(56)53(31(24)55)20(9-3)10-4/h7,11-16,19-20,59-60H,1,8-10H2,2-6H3. The maximum Gasteiger partial charge on any atom is 0.430 e. The number of hydrogen-bond acceptors (Lipinski definition) is 6.